The van der Waals surface area contributed by atoms with Crippen LogP contribution in [0.2, 0.25) is 0 Å². The summed E-state index contributed by atoms with van der Waals surface area (Å²) in [5.74, 6) is 1.26. The quantitative estimate of drug-likeness (QED) is 0.609. The number of nitrogens with one attached hydrogen (secondary N) is 2. The van der Waals surface area contributed by atoms with Crippen LogP contribution in [-0.2, 0) is 4.79 Å². The molecule has 2 unspecified atom stereocenters. The lowest BCUT2D eigenvalue weighted by atomic mass is 9.45. The van der Waals surface area contributed by atoms with E-state index in [9.17, 15) is 9.59 Å². The summed E-state index contributed by atoms with van der Waals surface area (Å²) in [5.41, 5.74) is 8.11. The number of rotatable bonds is 6. The van der Waals surface area contributed by atoms with E-state index in [-0.39, 0.29) is 23.1 Å². The van der Waals surface area contributed by atoms with Crippen LogP contribution in [0, 0.1) is 34.5 Å². The van der Waals surface area contributed by atoms with Crippen LogP contribution in [0.3, 0.4) is 0 Å². The molecular weight excluding hydrogens is 426 g/mol. The van der Waals surface area contributed by atoms with E-state index in [0.717, 1.165) is 25.4 Å². The standard InChI is InChI=1S/C27H39N5O2/c1-26(2)15-29-11-10-18(26)23(24(28)33)20-14-32-21(6-5-7-22(32)31-20)25(34)30-13-16-8-9-17-12-19(16)27(17,3)4/h5-7,14,16-19,23,29H,8-13,15H2,1-4H3,(H2,28,33)(H,30,34)/t16-,17+,18?,19+,23?/m0/s1. The van der Waals surface area contributed by atoms with Gasteiger partial charge in [-0.25, -0.2) is 4.98 Å². The Bertz CT molecular complexity index is 1100. The molecule has 2 amide bonds. The van der Waals surface area contributed by atoms with Gasteiger partial charge in [0.15, 0.2) is 0 Å². The average Bonchev–Trinajstić information content (AvgIpc) is 3.22. The van der Waals surface area contributed by atoms with Gasteiger partial charge in [-0.15, -0.1) is 0 Å². The summed E-state index contributed by atoms with van der Waals surface area (Å²) >= 11 is 0. The molecule has 3 saturated carbocycles. The third kappa shape index (κ3) is 3.82. The van der Waals surface area contributed by atoms with Gasteiger partial charge in [0.2, 0.25) is 5.91 Å². The van der Waals surface area contributed by atoms with Crippen LogP contribution < -0.4 is 16.4 Å². The molecule has 0 aromatic carbocycles. The van der Waals surface area contributed by atoms with E-state index in [1.165, 1.54) is 19.3 Å². The van der Waals surface area contributed by atoms with E-state index in [1.807, 2.05) is 28.8 Å². The molecule has 5 atom stereocenters. The van der Waals surface area contributed by atoms with E-state index in [1.54, 1.807) is 0 Å². The summed E-state index contributed by atoms with van der Waals surface area (Å²) in [6.45, 7) is 11.5. The van der Waals surface area contributed by atoms with E-state index in [4.69, 9.17) is 10.7 Å². The predicted molar refractivity (Wildman–Crippen MR) is 132 cm³/mol. The highest BCUT2D eigenvalue weighted by atomic mass is 16.2. The van der Waals surface area contributed by atoms with Crippen LogP contribution in [0.4, 0.5) is 0 Å². The largest absolute Gasteiger partial charge is 0.369 e. The summed E-state index contributed by atoms with van der Waals surface area (Å²) in [5, 5.41) is 6.63. The van der Waals surface area contributed by atoms with E-state index >= 15 is 0 Å². The molecule has 34 heavy (non-hydrogen) atoms. The van der Waals surface area contributed by atoms with Crippen molar-refractivity contribution in [3.63, 3.8) is 0 Å². The van der Waals surface area contributed by atoms with Crippen molar-refractivity contribution in [2.45, 2.75) is 59.3 Å². The molecule has 7 heteroatoms. The molecule has 0 spiro atoms. The van der Waals surface area contributed by atoms with Crippen LogP contribution in [0.1, 0.15) is 75.5 Å². The highest BCUT2D eigenvalue weighted by Gasteiger charge is 2.54. The number of nitrogens with two attached hydrogens (primary N) is 1. The first kappa shape index (κ1) is 23.3. The highest BCUT2D eigenvalue weighted by Crippen LogP contribution is 2.61. The molecule has 0 radical (unpaired) electrons. The maximum Gasteiger partial charge on any atom is 0.268 e. The second-order valence-corrected chi connectivity index (χ2v) is 12.2. The minimum absolute atomic E-state index is 0.0811. The summed E-state index contributed by atoms with van der Waals surface area (Å²) in [6.07, 6.45) is 6.48. The zero-order valence-corrected chi connectivity index (χ0v) is 20.9. The Morgan fingerprint density at radius 2 is 2.03 bits per heavy atom. The van der Waals surface area contributed by atoms with Crippen molar-refractivity contribution >= 4 is 17.5 Å². The van der Waals surface area contributed by atoms with Crippen LogP contribution in [0.5, 0.6) is 0 Å². The molecule has 4 fully saturated rings. The smallest absolute Gasteiger partial charge is 0.268 e. The van der Waals surface area contributed by atoms with Crippen molar-refractivity contribution in [1.29, 1.82) is 0 Å². The van der Waals surface area contributed by atoms with Gasteiger partial charge in [0, 0.05) is 19.3 Å². The Morgan fingerprint density at radius 1 is 1.24 bits per heavy atom. The van der Waals surface area contributed by atoms with Gasteiger partial charge in [-0.2, -0.15) is 0 Å². The van der Waals surface area contributed by atoms with Gasteiger partial charge in [0.1, 0.15) is 11.3 Å². The number of piperidine rings is 1. The number of imidazole rings is 1. The number of aromatic nitrogens is 2. The fourth-order valence-corrected chi connectivity index (χ4v) is 7.24. The zero-order valence-electron chi connectivity index (χ0n) is 20.9. The van der Waals surface area contributed by atoms with Crippen molar-refractivity contribution in [2.75, 3.05) is 19.6 Å². The second kappa shape index (κ2) is 8.36. The molecule has 3 aliphatic carbocycles. The summed E-state index contributed by atoms with van der Waals surface area (Å²) in [7, 11) is 0. The number of carbonyl (C=O) groups is 2. The molecule has 4 N–H and O–H groups in total. The third-order valence-corrected chi connectivity index (χ3v) is 9.51. The molecule has 7 nitrogen and oxygen atoms in total. The first-order valence-corrected chi connectivity index (χ1v) is 12.9. The number of fused-ring (bicyclic) bond motifs is 3. The summed E-state index contributed by atoms with van der Waals surface area (Å²) in [6, 6.07) is 5.56. The Labute approximate surface area is 202 Å². The van der Waals surface area contributed by atoms with E-state index in [2.05, 4.69) is 38.3 Å². The molecule has 1 saturated heterocycles. The Morgan fingerprint density at radius 3 is 2.71 bits per heavy atom. The first-order valence-electron chi connectivity index (χ1n) is 12.9. The third-order valence-electron chi connectivity index (χ3n) is 9.51. The number of hydrogen-bond acceptors (Lipinski definition) is 4. The highest BCUT2D eigenvalue weighted by molar-refractivity contribution is 5.93. The average molecular weight is 466 g/mol. The van der Waals surface area contributed by atoms with Crippen molar-refractivity contribution in [3.8, 4) is 0 Å². The lowest BCUT2D eigenvalue weighted by Crippen LogP contribution is -2.54. The fourth-order valence-electron chi connectivity index (χ4n) is 7.24. The molecule has 184 valence electrons. The van der Waals surface area contributed by atoms with Crippen molar-refractivity contribution in [3.05, 3.63) is 35.8 Å². The van der Waals surface area contributed by atoms with Crippen molar-refractivity contribution < 1.29 is 9.59 Å². The van der Waals surface area contributed by atoms with Gasteiger partial charge >= 0.3 is 0 Å². The SMILES string of the molecule is CC1(C)CNCCC1C(C(N)=O)c1cn2c(C(=O)NC[C@@H]3CC[C@@H]4C[C@H]3C4(C)C)cccc2n1. The zero-order chi connectivity index (χ0) is 24.3. The molecule has 4 aliphatic rings. The van der Waals surface area contributed by atoms with Crippen LogP contribution in [0.25, 0.3) is 5.65 Å². The van der Waals surface area contributed by atoms with Crippen LogP contribution >= 0.6 is 0 Å². The Balaban J connectivity index is 1.37. The van der Waals surface area contributed by atoms with E-state index in [0.29, 0.717) is 40.8 Å². The first-order chi connectivity index (χ1) is 16.1. The minimum atomic E-state index is -0.482. The molecule has 1 aliphatic heterocycles. The van der Waals surface area contributed by atoms with Gasteiger partial charge in [-0.3, -0.25) is 14.0 Å². The maximum absolute atomic E-state index is 13.2. The molecule has 2 aromatic heterocycles. The molecule has 3 heterocycles. The minimum Gasteiger partial charge on any atom is -0.369 e. The molecule has 6 rings (SSSR count). The summed E-state index contributed by atoms with van der Waals surface area (Å²) in [4.78, 5) is 30.6. The predicted octanol–water partition coefficient (Wildman–Crippen LogP) is 3.34. The van der Waals surface area contributed by atoms with Gasteiger partial charge in [-0.05, 0) is 78.9 Å². The number of hydrogen-bond donors (Lipinski definition) is 3. The van der Waals surface area contributed by atoms with Gasteiger partial charge in [0.25, 0.3) is 5.91 Å². The lowest BCUT2D eigenvalue weighted by molar-refractivity contribution is -0.122. The number of primary amides is 1. The molecular formula is C27H39N5O2. The topological polar surface area (TPSA) is 102 Å². The number of carbonyl (C=O) groups excluding carboxylic acids is 2. The monoisotopic (exact) mass is 465 g/mol. The van der Waals surface area contributed by atoms with E-state index < -0.39 is 5.92 Å². The van der Waals surface area contributed by atoms with Crippen molar-refractivity contribution in [1.82, 2.24) is 20.0 Å². The van der Waals surface area contributed by atoms with Crippen molar-refractivity contribution in [2.24, 2.45) is 40.2 Å². The number of pyridine rings is 1. The number of amides is 2. The molecule has 2 aromatic rings. The lowest BCUT2D eigenvalue weighted by Gasteiger charge is -2.60. The second-order valence-electron chi connectivity index (χ2n) is 12.2. The van der Waals surface area contributed by atoms with Crippen LogP contribution in [0.15, 0.2) is 24.4 Å². The fraction of sp³-hybridized carbons (Fsp3) is 0.667. The van der Waals surface area contributed by atoms with Gasteiger partial charge < -0.3 is 16.4 Å². The Hall–Kier alpha value is -2.41. The van der Waals surface area contributed by atoms with Gasteiger partial charge in [-0.1, -0.05) is 33.8 Å². The Kier molecular flexibility index (Phi) is 5.74. The number of nitrogens with zero attached hydrogens (tertiary/aromatic N) is 2. The summed E-state index contributed by atoms with van der Waals surface area (Å²) < 4.78 is 1.82. The molecule has 2 bridgehead atoms. The maximum atomic E-state index is 13.2. The normalized spacial score (nSPS) is 30.4. The van der Waals surface area contributed by atoms with Gasteiger partial charge in [0.05, 0.1) is 11.6 Å². The van der Waals surface area contributed by atoms with Crippen LogP contribution in [-0.4, -0.2) is 40.8 Å².